The first-order chi connectivity index (χ1) is 10.8. The van der Waals surface area contributed by atoms with Crippen LogP contribution in [0.25, 0.3) is 0 Å². The lowest BCUT2D eigenvalue weighted by molar-refractivity contribution is -0.138. The van der Waals surface area contributed by atoms with E-state index in [2.05, 4.69) is 4.98 Å². The van der Waals surface area contributed by atoms with E-state index in [-0.39, 0.29) is 23.9 Å². The first kappa shape index (κ1) is 17.9. The molecule has 0 saturated carbocycles. The molecule has 1 aromatic heterocycles. The van der Waals surface area contributed by atoms with E-state index < -0.39 is 0 Å². The number of carbonyl (C=O) groups excluding carboxylic acids is 2. The fraction of sp³-hybridized carbons (Fsp3) is 0.706. The molecular weight excluding hydrogens is 310 g/mol. The molecule has 2 amide bonds. The van der Waals surface area contributed by atoms with Gasteiger partial charge in [0.05, 0.1) is 16.7 Å². The SMILES string of the molecule is Cc1nc(C)c([C@H](C)N(C)C(=O)C[C@@H](C)N2CCCCC2=O)s1. The Balaban J connectivity index is 1.99. The first-order valence-electron chi connectivity index (χ1n) is 8.30. The summed E-state index contributed by atoms with van der Waals surface area (Å²) in [6.07, 6.45) is 3.00. The van der Waals surface area contributed by atoms with Crippen LogP contribution in [0, 0.1) is 13.8 Å². The summed E-state index contributed by atoms with van der Waals surface area (Å²) in [5, 5.41) is 1.03. The van der Waals surface area contributed by atoms with Gasteiger partial charge in [-0.1, -0.05) is 0 Å². The molecular formula is C17H27N3O2S. The maximum Gasteiger partial charge on any atom is 0.224 e. The predicted octanol–water partition coefficient (Wildman–Crippen LogP) is 3.07. The maximum absolute atomic E-state index is 12.6. The van der Waals surface area contributed by atoms with Crippen LogP contribution in [-0.4, -0.2) is 46.2 Å². The second kappa shape index (κ2) is 7.43. The number of hydrogen-bond donors (Lipinski definition) is 0. The number of piperidine rings is 1. The lowest BCUT2D eigenvalue weighted by atomic mass is 10.1. The molecule has 128 valence electrons. The largest absolute Gasteiger partial charge is 0.339 e. The van der Waals surface area contributed by atoms with Crippen LogP contribution in [0.4, 0.5) is 0 Å². The van der Waals surface area contributed by atoms with E-state index in [1.54, 1.807) is 16.2 Å². The van der Waals surface area contributed by atoms with Crippen molar-refractivity contribution in [3.63, 3.8) is 0 Å². The van der Waals surface area contributed by atoms with E-state index in [0.29, 0.717) is 12.8 Å². The molecule has 0 spiro atoms. The highest BCUT2D eigenvalue weighted by Crippen LogP contribution is 2.29. The van der Waals surface area contributed by atoms with Gasteiger partial charge in [-0.2, -0.15) is 0 Å². The summed E-state index contributed by atoms with van der Waals surface area (Å²) in [4.78, 5) is 33.8. The summed E-state index contributed by atoms with van der Waals surface area (Å²) in [6.45, 7) is 8.76. The predicted molar refractivity (Wildman–Crippen MR) is 92.4 cm³/mol. The van der Waals surface area contributed by atoms with Crippen molar-refractivity contribution < 1.29 is 9.59 Å². The lowest BCUT2D eigenvalue weighted by Crippen LogP contribution is -2.44. The molecule has 1 fully saturated rings. The Labute approximate surface area is 142 Å². The molecule has 1 aliphatic heterocycles. The van der Waals surface area contributed by atoms with Gasteiger partial charge in [-0.15, -0.1) is 11.3 Å². The van der Waals surface area contributed by atoms with Gasteiger partial charge in [0.15, 0.2) is 0 Å². The van der Waals surface area contributed by atoms with Crippen LogP contribution < -0.4 is 0 Å². The number of likely N-dealkylation sites (tertiary alicyclic amines) is 1. The van der Waals surface area contributed by atoms with Gasteiger partial charge < -0.3 is 9.80 Å². The van der Waals surface area contributed by atoms with Crippen molar-refractivity contribution in [2.45, 2.75) is 65.5 Å². The molecule has 6 heteroatoms. The molecule has 0 aromatic carbocycles. The number of thiazole rings is 1. The Bertz CT molecular complexity index is 584. The van der Waals surface area contributed by atoms with E-state index in [4.69, 9.17) is 0 Å². The van der Waals surface area contributed by atoms with Gasteiger partial charge in [0.25, 0.3) is 0 Å². The zero-order valence-corrected chi connectivity index (χ0v) is 15.6. The Morgan fingerprint density at radius 3 is 2.61 bits per heavy atom. The average Bonchev–Trinajstić information content (AvgIpc) is 2.84. The smallest absolute Gasteiger partial charge is 0.224 e. The zero-order valence-electron chi connectivity index (χ0n) is 14.8. The molecule has 2 rings (SSSR count). The van der Waals surface area contributed by atoms with Crippen LogP contribution in [-0.2, 0) is 9.59 Å². The monoisotopic (exact) mass is 337 g/mol. The second-order valence-corrected chi connectivity index (χ2v) is 7.70. The molecule has 2 heterocycles. The third-order valence-electron chi connectivity index (χ3n) is 4.66. The molecule has 2 atom stereocenters. The average molecular weight is 337 g/mol. The summed E-state index contributed by atoms with van der Waals surface area (Å²) in [5.41, 5.74) is 0.999. The second-order valence-electron chi connectivity index (χ2n) is 6.46. The van der Waals surface area contributed by atoms with E-state index in [1.165, 1.54) is 0 Å². The topological polar surface area (TPSA) is 53.5 Å². The molecule has 23 heavy (non-hydrogen) atoms. The third-order valence-corrected chi connectivity index (χ3v) is 5.90. The van der Waals surface area contributed by atoms with E-state index in [9.17, 15) is 9.59 Å². The highest BCUT2D eigenvalue weighted by Gasteiger charge is 2.27. The lowest BCUT2D eigenvalue weighted by Gasteiger charge is -2.34. The molecule has 0 unspecified atom stereocenters. The summed E-state index contributed by atoms with van der Waals surface area (Å²) >= 11 is 1.65. The number of nitrogens with zero attached hydrogens (tertiary/aromatic N) is 3. The van der Waals surface area contributed by atoms with Crippen molar-refractivity contribution in [1.82, 2.24) is 14.8 Å². The molecule has 1 aliphatic rings. The van der Waals surface area contributed by atoms with E-state index in [0.717, 1.165) is 35.0 Å². The highest BCUT2D eigenvalue weighted by atomic mass is 32.1. The number of rotatable bonds is 5. The summed E-state index contributed by atoms with van der Waals surface area (Å²) < 4.78 is 0. The molecule has 0 radical (unpaired) electrons. The third kappa shape index (κ3) is 4.10. The fourth-order valence-corrected chi connectivity index (χ4v) is 4.15. The van der Waals surface area contributed by atoms with Crippen molar-refractivity contribution in [2.75, 3.05) is 13.6 Å². The van der Waals surface area contributed by atoms with Crippen LogP contribution in [0.15, 0.2) is 0 Å². The Hall–Kier alpha value is -1.43. The number of aromatic nitrogens is 1. The van der Waals surface area contributed by atoms with Gasteiger partial charge in [0, 0.05) is 37.4 Å². The maximum atomic E-state index is 12.6. The molecule has 0 bridgehead atoms. The first-order valence-corrected chi connectivity index (χ1v) is 9.12. The van der Waals surface area contributed by atoms with Crippen molar-refractivity contribution in [3.05, 3.63) is 15.6 Å². The molecule has 5 nitrogen and oxygen atoms in total. The summed E-state index contributed by atoms with van der Waals surface area (Å²) in [6, 6.07) is -0.0211. The highest BCUT2D eigenvalue weighted by molar-refractivity contribution is 7.11. The van der Waals surface area contributed by atoms with Crippen LogP contribution in [0.5, 0.6) is 0 Å². The number of carbonyl (C=O) groups is 2. The number of hydrogen-bond acceptors (Lipinski definition) is 4. The van der Waals surface area contributed by atoms with E-state index in [1.807, 2.05) is 39.6 Å². The van der Waals surface area contributed by atoms with Crippen LogP contribution in [0.3, 0.4) is 0 Å². The van der Waals surface area contributed by atoms with Crippen LogP contribution in [0.2, 0.25) is 0 Å². The quantitative estimate of drug-likeness (QED) is 0.830. The van der Waals surface area contributed by atoms with Crippen molar-refractivity contribution in [3.8, 4) is 0 Å². The van der Waals surface area contributed by atoms with E-state index >= 15 is 0 Å². The summed E-state index contributed by atoms with van der Waals surface area (Å²) in [5.74, 6) is 0.259. The molecule has 1 aromatic rings. The normalized spacial score (nSPS) is 18.0. The van der Waals surface area contributed by atoms with Crippen molar-refractivity contribution >= 4 is 23.2 Å². The summed E-state index contributed by atoms with van der Waals surface area (Å²) in [7, 11) is 1.84. The van der Waals surface area contributed by atoms with Gasteiger partial charge in [-0.25, -0.2) is 4.98 Å². The minimum absolute atomic E-state index is 0.0120. The Morgan fingerprint density at radius 2 is 2.04 bits per heavy atom. The van der Waals surface area contributed by atoms with Crippen LogP contribution >= 0.6 is 11.3 Å². The van der Waals surface area contributed by atoms with Crippen molar-refractivity contribution in [1.29, 1.82) is 0 Å². The molecule has 0 N–H and O–H groups in total. The fourth-order valence-electron chi connectivity index (χ4n) is 3.13. The van der Waals surface area contributed by atoms with Gasteiger partial charge >= 0.3 is 0 Å². The van der Waals surface area contributed by atoms with Gasteiger partial charge in [-0.3, -0.25) is 9.59 Å². The zero-order chi connectivity index (χ0) is 17.1. The van der Waals surface area contributed by atoms with Crippen LogP contribution in [0.1, 0.15) is 61.2 Å². The Kier molecular flexibility index (Phi) is 5.79. The van der Waals surface area contributed by atoms with Gasteiger partial charge in [0.1, 0.15) is 0 Å². The Morgan fingerprint density at radius 1 is 1.35 bits per heavy atom. The standard InChI is InChI=1S/C17H27N3O2S/c1-11(20-9-7-6-8-15(20)21)10-16(22)19(5)13(3)17-12(2)18-14(4)23-17/h11,13H,6-10H2,1-5H3/t11-,13+/m1/s1. The minimum Gasteiger partial charge on any atom is -0.339 e. The van der Waals surface area contributed by atoms with Crippen molar-refractivity contribution in [2.24, 2.45) is 0 Å². The number of aryl methyl sites for hydroxylation is 2. The van der Waals surface area contributed by atoms with Gasteiger partial charge in [-0.05, 0) is 40.5 Å². The van der Waals surface area contributed by atoms with Gasteiger partial charge in [0.2, 0.25) is 11.8 Å². The molecule has 0 aliphatic carbocycles. The minimum atomic E-state index is -0.0331. The molecule has 1 saturated heterocycles. The number of amides is 2.